The van der Waals surface area contributed by atoms with Gasteiger partial charge in [0, 0.05) is 17.7 Å². The van der Waals surface area contributed by atoms with E-state index in [1.165, 1.54) is 11.0 Å². The van der Waals surface area contributed by atoms with Crippen LogP contribution in [0.15, 0.2) is 12.1 Å². The molecular formula is C13H17N2O5+. The molecule has 0 atom stereocenters. The monoisotopic (exact) mass is 281 g/mol. The smallest absolute Gasteiger partial charge is 0.270 e. The first kappa shape index (κ1) is 13.3. The van der Waals surface area contributed by atoms with Crippen molar-refractivity contribution in [2.24, 2.45) is 0 Å². The summed E-state index contributed by atoms with van der Waals surface area (Å²) < 4.78 is 16.1. The van der Waals surface area contributed by atoms with Gasteiger partial charge in [-0.05, 0) is 0 Å². The van der Waals surface area contributed by atoms with Gasteiger partial charge in [-0.2, -0.15) is 0 Å². The molecule has 20 heavy (non-hydrogen) atoms. The number of nitro groups is 1. The second kappa shape index (κ2) is 5.74. The van der Waals surface area contributed by atoms with E-state index in [-0.39, 0.29) is 17.4 Å². The van der Waals surface area contributed by atoms with Crippen molar-refractivity contribution in [3.05, 3.63) is 33.4 Å². The highest BCUT2D eigenvalue weighted by atomic mass is 16.7. The quantitative estimate of drug-likeness (QED) is 0.617. The van der Waals surface area contributed by atoms with Crippen LogP contribution in [0.25, 0.3) is 0 Å². The number of rotatable bonds is 3. The third kappa shape index (κ3) is 2.74. The Balaban J connectivity index is 1.90. The summed E-state index contributed by atoms with van der Waals surface area (Å²) in [4.78, 5) is 12.0. The minimum absolute atomic E-state index is 0.0977. The maximum absolute atomic E-state index is 11.0. The number of nitrogens with one attached hydrogen (secondary N) is 1. The number of ether oxygens (including phenoxy) is 3. The zero-order chi connectivity index (χ0) is 13.9. The van der Waals surface area contributed by atoms with E-state index in [1.54, 1.807) is 6.07 Å². The molecule has 1 N–H and O–H groups in total. The van der Waals surface area contributed by atoms with Crippen LogP contribution in [0.5, 0.6) is 5.75 Å². The molecule has 0 radical (unpaired) electrons. The lowest BCUT2D eigenvalue weighted by molar-refractivity contribution is -0.921. The molecule has 2 aliphatic rings. The highest BCUT2D eigenvalue weighted by molar-refractivity contribution is 5.50. The van der Waals surface area contributed by atoms with Crippen LogP contribution in [-0.2, 0) is 22.6 Å². The van der Waals surface area contributed by atoms with Gasteiger partial charge in [-0.15, -0.1) is 0 Å². The standard InChI is InChI=1S/C13H16N2O5/c16-15(17)12-5-10(7-14-1-3-18-4-2-14)13-11(6-12)8-19-9-20-13/h5-6H,1-4,7-9H2/p+1. The molecule has 2 aliphatic heterocycles. The van der Waals surface area contributed by atoms with E-state index in [0.717, 1.165) is 43.2 Å². The Hall–Kier alpha value is -1.70. The Morgan fingerprint density at radius 2 is 2.05 bits per heavy atom. The first-order valence-corrected chi connectivity index (χ1v) is 6.66. The molecule has 0 unspecified atom stereocenters. The van der Waals surface area contributed by atoms with Crippen LogP contribution in [0, 0.1) is 10.1 Å². The summed E-state index contributed by atoms with van der Waals surface area (Å²) >= 11 is 0. The van der Waals surface area contributed by atoms with Gasteiger partial charge in [0.1, 0.15) is 25.4 Å². The number of fused-ring (bicyclic) bond motifs is 1. The van der Waals surface area contributed by atoms with Crippen LogP contribution in [0.2, 0.25) is 0 Å². The fourth-order valence-corrected chi connectivity index (χ4v) is 2.62. The molecule has 3 rings (SSSR count). The normalized spacial score (nSPS) is 19.2. The van der Waals surface area contributed by atoms with Crippen molar-refractivity contribution < 1.29 is 24.0 Å². The minimum atomic E-state index is -0.368. The molecule has 1 fully saturated rings. The van der Waals surface area contributed by atoms with Crippen molar-refractivity contribution >= 4 is 5.69 Å². The minimum Gasteiger partial charge on any atom is -0.467 e. The second-order valence-electron chi connectivity index (χ2n) is 5.00. The molecule has 7 nitrogen and oxygen atoms in total. The molecule has 0 aromatic heterocycles. The van der Waals surface area contributed by atoms with Crippen LogP contribution < -0.4 is 9.64 Å². The van der Waals surface area contributed by atoms with Crippen LogP contribution in [0.3, 0.4) is 0 Å². The Labute approximate surface area is 116 Å². The maximum Gasteiger partial charge on any atom is 0.270 e. The van der Waals surface area contributed by atoms with Gasteiger partial charge < -0.3 is 19.1 Å². The first-order valence-electron chi connectivity index (χ1n) is 6.66. The largest absolute Gasteiger partial charge is 0.467 e. The van der Waals surface area contributed by atoms with Crippen LogP contribution in [0.1, 0.15) is 11.1 Å². The number of non-ortho nitro benzene ring substituents is 1. The number of nitro benzene ring substituents is 1. The molecule has 1 aromatic carbocycles. The van der Waals surface area contributed by atoms with Crippen LogP contribution in [-0.4, -0.2) is 38.0 Å². The Kier molecular flexibility index (Phi) is 3.81. The van der Waals surface area contributed by atoms with E-state index in [4.69, 9.17) is 14.2 Å². The first-order chi connectivity index (χ1) is 9.74. The Morgan fingerprint density at radius 1 is 1.25 bits per heavy atom. The van der Waals surface area contributed by atoms with Crippen LogP contribution >= 0.6 is 0 Å². The fraction of sp³-hybridized carbons (Fsp3) is 0.538. The molecule has 0 amide bonds. The van der Waals surface area contributed by atoms with Gasteiger partial charge in [-0.25, -0.2) is 0 Å². The van der Waals surface area contributed by atoms with E-state index in [2.05, 4.69) is 0 Å². The summed E-state index contributed by atoms with van der Waals surface area (Å²) in [6.45, 7) is 4.57. The van der Waals surface area contributed by atoms with Crippen molar-refractivity contribution in [2.75, 3.05) is 33.1 Å². The molecule has 2 heterocycles. The van der Waals surface area contributed by atoms with Gasteiger partial charge in [0.05, 0.1) is 30.3 Å². The molecule has 7 heteroatoms. The summed E-state index contributed by atoms with van der Waals surface area (Å²) in [6, 6.07) is 3.15. The van der Waals surface area contributed by atoms with E-state index < -0.39 is 0 Å². The zero-order valence-corrected chi connectivity index (χ0v) is 11.1. The summed E-state index contributed by atoms with van der Waals surface area (Å²) in [6.07, 6.45) is 0. The number of nitrogens with zero attached hydrogens (tertiary/aromatic N) is 1. The summed E-state index contributed by atoms with van der Waals surface area (Å²) in [5, 5.41) is 11.0. The molecule has 0 aliphatic carbocycles. The number of hydrogen-bond donors (Lipinski definition) is 1. The molecule has 1 saturated heterocycles. The van der Waals surface area contributed by atoms with Crippen LogP contribution in [0.4, 0.5) is 5.69 Å². The van der Waals surface area contributed by atoms with Gasteiger partial charge in [0.2, 0.25) is 0 Å². The molecule has 108 valence electrons. The van der Waals surface area contributed by atoms with Gasteiger partial charge >= 0.3 is 0 Å². The summed E-state index contributed by atoms with van der Waals surface area (Å²) in [5.74, 6) is 0.751. The van der Waals surface area contributed by atoms with Crippen molar-refractivity contribution in [1.82, 2.24) is 0 Å². The van der Waals surface area contributed by atoms with Gasteiger partial charge in [0.15, 0.2) is 6.79 Å². The fourth-order valence-electron chi connectivity index (χ4n) is 2.62. The van der Waals surface area contributed by atoms with E-state index >= 15 is 0 Å². The van der Waals surface area contributed by atoms with E-state index in [0.29, 0.717) is 13.2 Å². The summed E-state index contributed by atoms with van der Waals surface area (Å²) in [5.41, 5.74) is 1.74. The average molecular weight is 281 g/mol. The molecule has 1 aromatic rings. The number of morpholine rings is 1. The average Bonchev–Trinajstić information content (AvgIpc) is 2.48. The zero-order valence-electron chi connectivity index (χ0n) is 11.1. The Morgan fingerprint density at radius 3 is 2.80 bits per heavy atom. The third-order valence-corrected chi connectivity index (χ3v) is 3.62. The van der Waals surface area contributed by atoms with E-state index in [1.807, 2.05) is 0 Å². The molecule has 0 spiro atoms. The summed E-state index contributed by atoms with van der Waals surface area (Å²) in [7, 11) is 0. The molecular weight excluding hydrogens is 264 g/mol. The number of hydrogen-bond acceptors (Lipinski definition) is 5. The highest BCUT2D eigenvalue weighted by Gasteiger charge is 2.24. The van der Waals surface area contributed by atoms with E-state index in [9.17, 15) is 10.1 Å². The van der Waals surface area contributed by atoms with Crippen molar-refractivity contribution in [3.8, 4) is 5.75 Å². The number of quaternary nitrogens is 1. The second-order valence-corrected chi connectivity index (χ2v) is 5.00. The lowest BCUT2D eigenvalue weighted by atomic mass is 10.1. The topological polar surface area (TPSA) is 75.3 Å². The predicted molar refractivity (Wildman–Crippen MR) is 68.6 cm³/mol. The number of benzene rings is 1. The third-order valence-electron chi connectivity index (χ3n) is 3.62. The lowest BCUT2D eigenvalue weighted by Crippen LogP contribution is -3.12. The predicted octanol–water partition coefficient (Wildman–Crippen LogP) is -0.124. The van der Waals surface area contributed by atoms with Gasteiger partial charge in [0.25, 0.3) is 5.69 Å². The highest BCUT2D eigenvalue weighted by Crippen LogP contribution is 2.32. The SMILES string of the molecule is O=[N+]([O-])c1cc2c(c(C[NH+]3CCOCC3)c1)OCOC2. The molecule has 0 bridgehead atoms. The van der Waals surface area contributed by atoms with Gasteiger partial charge in [-0.3, -0.25) is 10.1 Å². The van der Waals surface area contributed by atoms with Gasteiger partial charge in [-0.1, -0.05) is 0 Å². The lowest BCUT2D eigenvalue weighted by Gasteiger charge is -2.26. The molecule has 0 saturated carbocycles. The van der Waals surface area contributed by atoms with Crippen molar-refractivity contribution in [3.63, 3.8) is 0 Å². The van der Waals surface area contributed by atoms with Crippen molar-refractivity contribution in [1.29, 1.82) is 0 Å². The van der Waals surface area contributed by atoms with Crippen molar-refractivity contribution in [2.45, 2.75) is 13.2 Å². The Bertz CT molecular complexity index is 514. The maximum atomic E-state index is 11.0.